The maximum absolute atomic E-state index is 13.6. The number of nitrogens with zero attached hydrogens (tertiary/aromatic N) is 1. The number of guanidine groups is 1. The molecular formula is C26H40N8O6. The molecule has 220 valence electrons. The number of benzene rings is 1. The van der Waals surface area contributed by atoms with Crippen molar-refractivity contribution in [3.8, 4) is 0 Å². The third-order valence-electron chi connectivity index (χ3n) is 6.67. The van der Waals surface area contributed by atoms with Crippen LogP contribution >= 0.6 is 0 Å². The predicted molar refractivity (Wildman–Crippen MR) is 150 cm³/mol. The summed E-state index contributed by atoms with van der Waals surface area (Å²) in [6.07, 6.45) is 2.80. The van der Waals surface area contributed by atoms with Gasteiger partial charge in [-0.05, 0) is 30.4 Å². The van der Waals surface area contributed by atoms with Crippen molar-refractivity contribution in [2.24, 2.45) is 28.1 Å². The fourth-order valence-corrected chi connectivity index (χ4v) is 4.01. The number of para-hydroxylation sites is 1. The summed E-state index contributed by atoms with van der Waals surface area (Å²) in [5.41, 5.74) is 18.4. The third-order valence-corrected chi connectivity index (χ3v) is 6.67. The molecule has 0 spiro atoms. The van der Waals surface area contributed by atoms with Crippen molar-refractivity contribution < 1.29 is 29.4 Å². The van der Waals surface area contributed by atoms with Gasteiger partial charge in [0.15, 0.2) is 5.96 Å². The van der Waals surface area contributed by atoms with Crippen molar-refractivity contribution in [1.29, 1.82) is 0 Å². The minimum Gasteiger partial charge on any atom is -0.480 e. The summed E-state index contributed by atoms with van der Waals surface area (Å²) in [4.78, 5) is 57.8. The first-order valence-corrected chi connectivity index (χ1v) is 13.1. The Balaban J connectivity index is 2.32. The van der Waals surface area contributed by atoms with E-state index in [2.05, 4.69) is 25.9 Å². The molecule has 1 aromatic carbocycles. The van der Waals surface area contributed by atoms with E-state index in [0.717, 1.165) is 16.5 Å². The summed E-state index contributed by atoms with van der Waals surface area (Å²) < 4.78 is 0. The lowest BCUT2D eigenvalue weighted by molar-refractivity contribution is -0.143. The molecule has 2 aromatic rings. The number of aliphatic carboxylic acids is 1. The highest BCUT2D eigenvalue weighted by Gasteiger charge is 2.31. The molecule has 0 saturated carbocycles. The maximum atomic E-state index is 13.6. The van der Waals surface area contributed by atoms with Gasteiger partial charge in [0.05, 0.1) is 12.6 Å². The van der Waals surface area contributed by atoms with E-state index < -0.39 is 54.5 Å². The highest BCUT2D eigenvalue weighted by atomic mass is 16.4. The van der Waals surface area contributed by atoms with E-state index in [1.54, 1.807) is 6.20 Å². The largest absolute Gasteiger partial charge is 0.480 e. The number of hydrogen-bond acceptors (Lipinski definition) is 7. The lowest BCUT2D eigenvalue weighted by atomic mass is 9.98. The van der Waals surface area contributed by atoms with Gasteiger partial charge in [0.25, 0.3) is 0 Å². The first-order chi connectivity index (χ1) is 19.0. The molecule has 0 radical (unpaired) electrons. The van der Waals surface area contributed by atoms with Crippen LogP contribution < -0.4 is 33.2 Å². The second-order valence-electron chi connectivity index (χ2n) is 9.63. The Labute approximate surface area is 232 Å². The van der Waals surface area contributed by atoms with Crippen LogP contribution in [0.5, 0.6) is 0 Å². The number of aliphatic imine (C=N–C) groups is 1. The number of hydrogen-bond donors (Lipinski definition) is 9. The van der Waals surface area contributed by atoms with Crippen LogP contribution in [0.1, 0.15) is 38.7 Å². The molecule has 12 N–H and O–H groups in total. The predicted octanol–water partition coefficient (Wildman–Crippen LogP) is -1.33. The van der Waals surface area contributed by atoms with Gasteiger partial charge in [-0.3, -0.25) is 19.4 Å². The SMILES string of the molecule is CCC(C)C(N)C(=O)NC(Cc1c[nH]c2ccccc12)C(=O)NC(CCCN=C(N)N)C(=O)NC(CO)C(=O)O. The number of carbonyl (C=O) groups excluding carboxylic acids is 3. The van der Waals surface area contributed by atoms with Crippen molar-refractivity contribution in [3.05, 3.63) is 36.0 Å². The molecule has 5 atom stereocenters. The number of H-pyrrole nitrogens is 1. The highest BCUT2D eigenvalue weighted by molar-refractivity contribution is 5.95. The molecule has 0 aliphatic heterocycles. The lowest BCUT2D eigenvalue weighted by Crippen LogP contribution is -2.58. The Kier molecular flexibility index (Phi) is 12.4. The smallest absolute Gasteiger partial charge is 0.328 e. The quantitative estimate of drug-likeness (QED) is 0.0669. The van der Waals surface area contributed by atoms with Gasteiger partial charge in [-0.1, -0.05) is 38.5 Å². The fraction of sp³-hybridized carbons (Fsp3) is 0.500. The van der Waals surface area contributed by atoms with Gasteiger partial charge in [0.2, 0.25) is 17.7 Å². The highest BCUT2D eigenvalue weighted by Crippen LogP contribution is 2.19. The molecule has 0 aliphatic rings. The summed E-state index contributed by atoms with van der Waals surface area (Å²) in [5, 5.41) is 27.0. The average molecular weight is 561 g/mol. The molecule has 2 rings (SSSR count). The summed E-state index contributed by atoms with van der Waals surface area (Å²) in [7, 11) is 0. The van der Waals surface area contributed by atoms with Crippen LogP contribution in [0.25, 0.3) is 10.9 Å². The lowest BCUT2D eigenvalue weighted by Gasteiger charge is -2.26. The van der Waals surface area contributed by atoms with E-state index in [9.17, 15) is 29.4 Å². The van der Waals surface area contributed by atoms with Crippen molar-refractivity contribution >= 4 is 40.6 Å². The summed E-state index contributed by atoms with van der Waals surface area (Å²) in [6.45, 7) is 3.04. The van der Waals surface area contributed by atoms with Crippen LogP contribution in [0.3, 0.4) is 0 Å². The number of fused-ring (bicyclic) bond motifs is 1. The van der Waals surface area contributed by atoms with E-state index in [0.29, 0.717) is 6.42 Å². The number of nitrogens with one attached hydrogen (secondary N) is 4. The minimum atomic E-state index is -1.57. The number of aliphatic hydroxyl groups is 1. The van der Waals surface area contributed by atoms with Gasteiger partial charge in [-0.25, -0.2) is 4.79 Å². The molecule has 1 aromatic heterocycles. The fourth-order valence-electron chi connectivity index (χ4n) is 4.01. The van der Waals surface area contributed by atoms with Crippen molar-refractivity contribution in [2.45, 2.75) is 63.7 Å². The third kappa shape index (κ3) is 9.24. The molecule has 1 heterocycles. The molecule has 0 fully saturated rings. The number of carbonyl (C=O) groups is 4. The number of rotatable bonds is 16. The number of aliphatic hydroxyl groups excluding tert-OH is 1. The summed E-state index contributed by atoms with van der Waals surface area (Å²) in [6, 6.07) is 2.73. The van der Waals surface area contributed by atoms with Crippen LogP contribution in [0.4, 0.5) is 0 Å². The van der Waals surface area contributed by atoms with E-state index in [1.807, 2.05) is 38.1 Å². The number of nitrogens with two attached hydrogens (primary N) is 3. The zero-order chi connectivity index (χ0) is 29.8. The van der Waals surface area contributed by atoms with Gasteiger partial charge >= 0.3 is 5.97 Å². The monoisotopic (exact) mass is 560 g/mol. The molecule has 14 heteroatoms. The van der Waals surface area contributed by atoms with Gasteiger partial charge < -0.3 is 48.3 Å². The van der Waals surface area contributed by atoms with Crippen molar-refractivity contribution in [2.75, 3.05) is 13.2 Å². The molecule has 40 heavy (non-hydrogen) atoms. The molecule has 0 saturated heterocycles. The second kappa shape index (κ2) is 15.4. The molecule has 5 unspecified atom stereocenters. The second-order valence-corrected chi connectivity index (χ2v) is 9.63. The number of amides is 3. The van der Waals surface area contributed by atoms with Crippen LogP contribution in [0.2, 0.25) is 0 Å². The number of aromatic amines is 1. The zero-order valence-corrected chi connectivity index (χ0v) is 22.7. The van der Waals surface area contributed by atoms with E-state index >= 15 is 0 Å². The molecule has 14 nitrogen and oxygen atoms in total. The average Bonchev–Trinajstić information content (AvgIpc) is 3.34. The van der Waals surface area contributed by atoms with Crippen molar-refractivity contribution in [3.63, 3.8) is 0 Å². The molecule has 3 amide bonds. The summed E-state index contributed by atoms with van der Waals surface area (Å²) in [5.74, 6) is -3.74. The summed E-state index contributed by atoms with van der Waals surface area (Å²) >= 11 is 0. The van der Waals surface area contributed by atoms with Crippen molar-refractivity contribution in [1.82, 2.24) is 20.9 Å². The van der Waals surface area contributed by atoms with Crippen LogP contribution in [-0.4, -0.2) is 82.2 Å². The zero-order valence-electron chi connectivity index (χ0n) is 22.7. The first-order valence-electron chi connectivity index (χ1n) is 13.1. The van der Waals surface area contributed by atoms with Gasteiger partial charge in [-0.2, -0.15) is 0 Å². The van der Waals surface area contributed by atoms with Gasteiger partial charge in [0, 0.05) is 30.1 Å². The Morgan fingerprint density at radius 1 is 1.00 bits per heavy atom. The standard InChI is InChI=1S/C26H40N8O6/c1-3-14(2)21(27)24(38)33-19(11-15-12-31-17-8-5-4-7-16(15)17)23(37)32-18(9-6-10-30-26(28)29)22(36)34-20(13-35)25(39)40/h4-5,7-8,12,14,18-21,31,35H,3,6,9-11,13,27H2,1-2H3,(H,32,37)(H,33,38)(H,34,36)(H,39,40)(H4,28,29,30). The topological polar surface area (TPSA) is 251 Å². The van der Waals surface area contributed by atoms with E-state index in [1.165, 1.54) is 0 Å². The maximum Gasteiger partial charge on any atom is 0.328 e. The number of carboxylic acids is 1. The number of aromatic nitrogens is 1. The Morgan fingerprint density at radius 3 is 2.25 bits per heavy atom. The Morgan fingerprint density at radius 2 is 1.62 bits per heavy atom. The normalized spacial score (nSPS) is 14.8. The van der Waals surface area contributed by atoms with Crippen LogP contribution in [0, 0.1) is 5.92 Å². The molecular weight excluding hydrogens is 520 g/mol. The Bertz CT molecular complexity index is 1190. The van der Waals surface area contributed by atoms with Gasteiger partial charge in [0.1, 0.15) is 18.1 Å². The van der Waals surface area contributed by atoms with Gasteiger partial charge in [-0.15, -0.1) is 0 Å². The van der Waals surface area contributed by atoms with E-state index in [-0.39, 0.29) is 37.7 Å². The Hall–Kier alpha value is -4.17. The number of carboxylic acid groups (broad SMARTS) is 1. The van der Waals surface area contributed by atoms with Crippen LogP contribution in [0.15, 0.2) is 35.5 Å². The first kappa shape index (κ1) is 32.0. The minimum absolute atomic E-state index is 0.0479. The molecule has 0 bridgehead atoms. The van der Waals surface area contributed by atoms with Crippen LogP contribution in [-0.2, 0) is 25.6 Å². The van der Waals surface area contributed by atoms with E-state index in [4.69, 9.17) is 17.2 Å². The molecule has 0 aliphatic carbocycles.